The van der Waals surface area contributed by atoms with Gasteiger partial charge < -0.3 is 0 Å². The van der Waals surface area contributed by atoms with Crippen LogP contribution in [0.4, 0.5) is 0 Å². The molecule has 0 aliphatic heterocycles. The lowest BCUT2D eigenvalue weighted by Crippen LogP contribution is -2.17. The molecule has 0 aromatic rings. The third kappa shape index (κ3) is 10.8. The fraction of sp³-hybridized carbons (Fsp3) is 0.667. The van der Waals surface area contributed by atoms with Crippen LogP contribution in [0.1, 0.15) is 47.5 Å². The highest BCUT2D eigenvalue weighted by Gasteiger charge is 2.15. The smallest absolute Gasteiger partial charge is 0.140 e. The molecule has 0 rings (SSSR count). The molecule has 0 saturated heterocycles. The van der Waals surface area contributed by atoms with Crippen molar-refractivity contribution in [3.05, 3.63) is 0 Å². The lowest BCUT2D eigenvalue weighted by Gasteiger charge is -2.03. The van der Waals surface area contributed by atoms with Gasteiger partial charge in [0.1, 0.15) is 23.1 Å². The number of carbonyl (C=O) groups is 4. The number of Topliss-reactive ketones (excluding diaryl/α,β-unsaturated/α-hetero) is 4. The van der Waals surface area contributed by atoms with E-state index in [9.17, 15) is 19.2 Å². The largest absolute Gasteiger partial charge is 0.300 e. The molecule has 92 valence electrons. The fourth-order valence-corrected chi connectivity index (χ4v) is 1.21. The first-order valence-corrected chi connectivity index (χ1v) is 5.22. The van der Waals surface area contributed by atoms with Gasteiger partial charge in [0.2, 0.25) is 0 Å². The molecule has 0 radical (unpaired) electrons. The Morgan fingerprint density at radius 1 is 0.812 bits per heavy atom. The Morgan fingerprint density at radius 3 is 1.12 bits per heavy atom. The Hall–Kier alpha value is -1.32. The summed E-state index contributed by atoms with van der Waals surface area (Å²) in [4.78, 5) is 41.3. The zero-order valence-electron chi connectivity index (χ0n) is 10.6. The van der Waals surface area contributed by atoms with Crippen molar-refractivity contribution in [3.8, 4) is 0 Å². The number of hydrogen-bond acceptors (Lipinski definition) is 4. The Morgan fingerprint density at radius 2 is 1.12 bits per heavy atom. The van der Waals surface area contributed by atoms with Crippen molar-refractivity contribution < 1.29 is 19.2 Å². The van der Waals surface area contributed by atoms with E-state index in [0.717, 1.165) is 0 Å². The summed E-state index contributed by atoms with van der Waals surface area (Å²) in [6, 6.07) is 0. The standard InChI is InChI=1S/C7H12O2.C5H8O2/c1-4-7(5(2)8)6(3)9;1-4(6)3-5(2)7/h7H,4H2,1-3H3;3H2,1-2H3. The molecule has 4 heteroatoms. The van der Waals surface area contributed by atoms with Crippen molar-refractivity contribution in [2.24, 2.45) is 5.92 Å². The molecule has 0 N–H and O–H groups in total. The molecular weight excluding hydrogens is 208 g/mol. The van der Waals surface area contributed by atoms with Crippen LogP contribution in [0.15, 0.2) is 0 Å². The first kappa shape index (κ1) is 17.1. The highest BCUT2D eigenvalue weighted by atomic mass is 16.2. The molecule has 0 aromatic heterocycles. The van der Waals surface area contributed by atoms with E-state index in [2.05, 4.69) is 0 Å². The van der Waals surface area contributed by atoms with Crippen LogP contribution in [0, 0.1) is 5.92 Å². The second kappa shape index (κ2) is 8.95. The topological polar surface area (TPSA) is 68.3 Å². The van der Waals surface area contributed by atoms with Gasteiger partial charge in [0.05, 0.1) is 12.3 Å². The molecular formula is C12H20O4. The third-order valence-electron chi connectivity index (χ3n) is 1.89. The SMILES string of the molecule is CC(=O)CC(C)=O.CCC(C(C)=O)C(C)=O. The predicted molar refractivity (Wildman–Crippen MR) is 61.1 cm³/mol. The van der Waals surface area contributed by atoms with Gasteiger partial charge in [0, 0.05) is 0 Å². The molecule has 0 bridgehead atoms. The van der Waals surface area contributed by atoms with Gasteiger partial charge in [-0.3, -0.25) is 19.2 Å². The zero-order valence-corrected chi connectivity index (χ0v) is 10.6. The predicted octanol–water partition coefficient (Wildman–Crippen LogP) is 1.75. The van der Waals surface area contributed by atoms with E-state index in [0.29, 0.717) is 6.42 Å². The lowest BCUT2D eigenvalue weighted by molar-refractivity contribution is -0.130. The van der Waals surface area contributed by atoms with E-state index in [1.54, 1.807) is 0 Å². The van der Waals surface area contributed by atoms with Crippen LogP contribution in [-0.2, 0) is 19.2 Å². The van der Waals surface area contributed by atoms with Gasteiger partial charge in [-0.25, -0.2) is 0 Å². The molecule has 0 atom stereocenters. The van der Waals surface area contributed by atoms with Crippen LogP contribution in [0.2, 0.25) is 0 Å². The van der Waals surface area contributed by atoms with Crippen molar-refractivity contribution in [3.63, 3.8) is 0 Å². The molecule has 0 amide bonds. The fourth-order valence-electron chi connectivity index (χ4n) is 1.21. The lowest BCUT2D eigenvalue weighted by atomic mass is 9.98. The summed E-state index contributed by atoms with van der Waals surface area (Å²) in [6.07, 6.45) is 0.713. The van der Waals surface area contributed by atoms with Crippen molar-refractivity contribution in [2.45, 2.75) is 47.5 Å². The molecule has 16 heavy (non-hydrogen) atoms. The monoisotopic (exact) mass is 228 g/mol. The van der Waals surface area contributed by atoms with Gasteiger partial charge in [0.25, 0.3) is 0 Å². The van der Waals surface area contributed by atoms with Gasteiger partial charge in [-0.1, -0.05) is 6.92 Å². The van der Waals surface area contributed by atoms with Crippen LogP contribution in [0.25, 0.3) is 0 Å². The highest BCUT2D eigenvalue weighted by Crippen LogP contribution is 2.03. The van der Waals surface area contributed by atoms with Crippen molar-refractivity contribution in [1.29, 1.82) is 0 Å². The summed E-state index contributed by atoms with van der Waals surface area (Å²) in [5.41, 5.74) is 0. The van der Waals surface area contributed by atoms with Crippen LogP contribution in [0.5, 0.6) is 0 Å². The number of ketones is 4. The van der Waals surface area contributed by atoms with E-state index in [4.69, 9.17) is 0 Å². The van der Waals surface area contributed by atoms with Gasteiger partial charge in [-0.2, -0.15) is 0 Å². The van der Waals surface area contributed by atoms with Gasteiger partial charge in [0.15, 0.2) is 0 Å². The van der Waals surface area contributed by atoms with Crippen LogP contribution >= 0.6 is 0 Å². The van der Waals surface area contributed by atoms with E-state index >= 15 is 0 Å². The maximum atomic E-state index is 10.6. The molecule has 0 aliphatic rings. The Labute approximate surface area is 96.4 Å². The minimum absolute atomic E-state index is 0.0231. The molecule has 0 unspecified atom stereocenters. The molecule has 0 aromatic carbocycles. The Kier molecular flexibility index (Phi) is 9.55. The minimum Gasteiger partial charge on any atom is -0.300 e. The minimum atomic E-state index is -0.356. The molecule has 0 aliphatic carbocycles. The first-order valence-electron chi connectivity index (χ1n) is 5.22. The molecule has 0 heterocycles. The number of hydrogen-bond donors (Lipinski definition) is 0. The van der Waals surface area contributed by atoms with Crippen LogP contribution in [0.3, 0.4) is 0 Å². The second-order valence-electron chi connectivity index (χ2n) is 3.76. The van der Waals surface area contributed by atoms with Crippen LogP contribution < -0.4 is 0 Å². The number of rotatable bonds is 5. The van der Waals surface area contributed by atoms with Crippen molar-refractivity contribution in [2.75, 3.05) is 0 Å². The summed E-state index contributed by atoms with van der Waals surface area (Å²) in [7, 11) is 0. The Bertz CT molecular complexity index is 253. The van der Waals surface area contributed by atoms with Gasteiger partial charge >= 0.3 is 0 Å². The average Bonchev–Trinajstić information content (AvgIpc) is 2.01. The summed E-state index contributed by atoms with van der Waals surface area (Å²) in [5.74, 6) is -0.528. The number of carbonyl (C=O) groups excluding carboxylic acids is 4. The summed E-state index contributed by atoms with van der Waals surface area (Å²) in [6.45, 7) is 7.56. The van der Waals surface area contributed by atoms with Crippen molar-refractivity contribution >= 4 is 23.1 Å². The summed E-state index contributed by atoms with van der Waals surface area (Å²) < 4.78 is 0. The Balaban J connectivity index is 0. The highest BCUT2D eigenvalue weighted by molar-refractivity contribution is 6.00. The average molecular weight is 228 g/mol. The molecule has 0 spiro atoms. The summed E-state index contributed by atoms with van der Waals surface area (Å²) >= 11 is 0. The van der Waals surface area contributed by atoms with Crippen molar-refractivity contribution in [1.82, 2.24) is 0 Å². The molecule has 4 nitrogen and oxygen atoms in total. The van der Waals surface area contributed by atoms with Gasteiger partial charge in [-0.15, -0.1) is 0 Å². The van der Waals surface area contributed by atoms with E-state index in [1.807, 2.05) is 6.92 Å². The maximum absolute atomic E-state index is 10.6. The molecule has 0 saturated carbocycles. The molecule has 0 fully saturated rings. The van der Waals surface area contributed by atoms with Crippen LogP contribution in [-0.4, -0.2) is 23.1 Å². The quantitative estimate of drug-likeness (QED) is 0.672. The van der Waals surface area contributed by atoms with E-state index < -0.39 is 0 Å². The first-order chi connectivity index (χ1) is 7.22. The third-order valence-corrected chi connectivity index (χ3v) is 1.89. The van der Waals surface area contributed by atoms with E-state index in [-0.39, 0.29) is 35.5 Å². The zero-order chi connectivity index (χ0) is 13.3. The summed E-state index contributed by atoms with van der Waals surface area (Å²) in [5, 5.41) is 0. The normalized spacial score (nSPS) is 9.12. The second-order valence-corrected chi connectivity index (χ2v) is 3.76. The van der Waals surface area contributed by atoms with E-state index in [1.165, 1.54) is 27.7 Å². The van der Waals surface area contributed by atoms with Gasteiger partial charge in [-0.05, 0) is 34.1 Å². The maximum Gasteiger partial charge on any atom is 0.140 e.